The first-order valence-corrected chi connectivity index (χ1v) is 6.98. The van der Waals surface area contributed by atoms with Gasteiger partial charge >= 0.3 is 5.97 Å². The van der Waals surface area contributed by atoms with Crippen molar-refractivity contribution in [2.75, 3.05) is 19.8 Å². The standard InChI is InChI=1S/C14H28O4/c1-5-7-9-17-12(3)10-16-11-13(4)18-14(15)8-6-2/h12-13H,5-11H2,1-4H3. The van der Waals surface area contributed by atoms with Crippen molar-refractivity contribution in [2.45, 2.75) is 65.6 Å². The summed E-state index contributed by atoms with van der Waals surface area (Å²) in [6.45, 7) is 9.67. The topological polar surface area (TPSA) is 44.8 Å². The molecule has 0 saturated carbocycles. The first-order valence-electron chi connectivity index (χ1n) is 6.98. The zero-order valence-electron chi connectivity index (χ0n) is 12.2. The number of hydrogen-bond donors (Lipinski definition) is 0. The van der Waals surface area contributed by atoms with Crippen LogP contribution in [0.5, 0.6) is 0 Å². The van der Waals surface area contributed by atoms with Gasteiger partial charge in [0.15, 0.2) is 0 Å². The molecule has 2 unspecified atom stereocenters. The molecule has 0 aromatic carbocycles. The molecule has 18 heavy (non-hydrogen) atoms. The lowest BCUT2D eigenvalue weighted by molar-refractivity contribution is -0.151. The number of carbonyl (C=O) groups excluding carboxylic acids is 1. The second-order valence-corrected chi connectivity index (χ2v) is 4.62. The van der Waals surface area contributed by atoms with Gasteiger partial charge in [-0.15, -0.1) is 0 Å². The number of hydrogen-bond acceptors (Lipinski definition) is 4. The van der Waals surface area contributed by atoms with Gasteiger partial charge in [-0.3, -0.25) is 4.79 Å². The zero-order chi connectivity index (χ0) is 13.8. The Morgan fingerprint density at radius 2 is 1.72 bits per heavy atom. The summed E-state index contributed by atoms with van der Waals surface area (Å²) in [6.07, 6.45) is 3.41. The highest BCUT2D eigenvalue weighted by molar-refractivity contribution is 5.69. The van der Waals surface area contributed by atoms with Gasteiger partial charge in [0.2, 0.25) is 0 Å². The summed E-state index contributed by atoms with van der Waals surface area (Å²) >= 11 is 0. The minimum absolute atomic E-state index is 0.0927. The molecule has 0 rings (SSSR count). The van der Waals surface area contributed by atoms with Crippen LogP contribution in [-0.2, 0) is 19.0 Å². The highest BCUT2D eigenvalue weighted by Gasteiger charge is 2.09. The molecular weight excluding hydrogens is 232 g/mol. The molecule has 0 aromatic rings. The average Bonchev–Trinajstić information content (AvgIpc) is 2.29. The maximum absolute atomic E-state index is 11.2. The van der Waals surface area contributed by atoms with Crippen LogP contribution in [0.15, 0.2) is 0 Å². The van der Waals surface area contributed by atoms with Crippen LogP contribution in [0.3, 0.4) is 0 Å². The molecule has 0 fully saturated rings. The second-order valence-electron chi connectivity index (χ2n) is 4.62. The molecule has 0 radical (unpaired) electrons. The third-order valence-corrected chi connectivity index (χ3v) is 2.39. The molecule has 0 bridgehead atoms. The summed E-state index contributed by atoms with van der Waals surface area (Å²) in [6, 6.07) is 0. The Morgan fingerprint density at radius 1 is 1.06 bits per heavy atom. The van der Waals surface area contributed by atoms with Gasteiger partial charge in [0.25, 0.3) is 0 Å². The van der Waals surface area contributed by atoms with Gasteiger partial charge in [-0.05, 0) is 26.7 Å². The summed E-state index contributed by atoms with van der Waals surface area (Å²) in [7, 11) is 0. The summed E-state index contributed by atoms with van der Waals surface area (Å²) in [4.78, 5) is 11.2. The second kappa shape index (κ2) is 11.5. The lowest BCUT2D eigenvalue weighted by Crippen LogP contribution is -2.24. The van der Waals surface area contributed by atoms with Crippen LogP contribution in [0.1, 0.15) is 53.4 Å². The molecule has 0 amide bonds. The van der Waals surface area contributed by atoms with E-state index in [1.165, 1.54) is 0 Å². The predicted octanol–water partition coefficient (Wildman–Crippen LogP) is 2.94. The summed E-state index contributed by atoms with van der Waals surface area (Å²) in [5.41, 5.74) is 0. The molecule has 108 valence electrons. The molecule has 4 nitrogen and oxygen atoms in total. The molecule has 0 aromatic heterocycles. The minimum atomic E-state index is -0.188. The Hall–Kier alpha value is -0.610. The van der Waals surface area contributed by atoms with E-state index in [2.05, 4.69) is 6.92 Å². The fourth-order valence-electron chi connectivity index (χ4n) is 1.40. The zero-order valence-corrected chi connectivity index (χ0v) is 12.2. The molecule has 0 spiro atoms. The Bertz CT molecular complexity index is 206. The van der Waals surface area contributed by atoms with Crippen LogP contribution in [0.4, 0.5) is 0 Å². The number of rotatable bonds is 11. The van der Waals surface area contributed by atoms with Crippen LogP contribution >= 0.6 is 0 Å². The van der Waals surface area contributed by atoms with Crippen molar-refractivity contribution >= 4 is 5.97 Å². The van der Waals surface area contributed by atoms with Gasteiger partial charge in [-0.2, -0.15) is 0 Å². The van der Waals surface area contributed by atoms with Crippen molar-refractivity contribution in [3.05, 3.63) is 0 Å². The van der Waals surface area contributed by atoms with Crippen molar-refractivity contribution in [2.24, 2.45) is 0 Å². The third kappa shape index (κ3) is 10.5. The summed E-state index contributed by atoms with van der Waals surface area (Å²) < 4.78 is 16.2. The lowest BCUT2D eigenvalue weighted by Gasteiger charge is -2.16. The Morgan fingerprint density at radius 3 is 2.33 bits per heavy atom. The highest BCUT2D eigenvalue weighted by Crippen LogP contribution is 2.00. The van der Waals surface area contributed by atoms with Crippen LogP contribution in [0.2, 0.25) is 0 Å². The molecular formula is C14H28O4. The number of esters is 1. The van der Waals surface area contributed by atoms with E-state index in [-0.39, 0.29) is 18.2 Å². The van der Waals surface area contributed by atoms with Gasteiger partial charge in [0.1, 0.15) is 6.10 Å². The smallest absolute Gasteiger partial charge is 0.306 e. The molecule has 0 aliphatic heterocycles. The fraction of sp³-hybridized carbons (Fsp3) is 0.929. The Kier molecular flexibility index (Phi) is 11.1. The number of unbranched alkanes of at least 4 members (excludes halogenated alkanes) is 1. The molecule has 0 heterocycles. The molecule has 2 atom stereocenters. The predicted molar refractivity (Wildman–Crippen MR) is 71.6 cm³/mol. The minimum Gasteiger partial charge on any atom is -0.460 e. The Labute approximate surface area is 111 Å². The molecule has 0 aliphatic rings. The quantitative estimate of drug-likeness (QED) is 0.423. The first kappa shape index (κ1) is 17.4. The lowest BCUT2D eigenvalue weighted by atomic mass is 10.3. The Balaban J connectivity index is 3.49. The van der Waals surface area contributed by atoms with Crippen molar-refractivity contribution in [3.8, 4) is 0 Å². The van der Waals surface area contributed by atoms with E-state index in [0.717, 1.165) is 25.9 Å². The van der Waals surface area contributed by atoms with Crippen molar-refractivity contribution in [1.29, 1.82) is 0 Å². The van der Waals surface area contributed by atoms with Gasteiger partial charge in [0.05, 0.1) is 19.3 Å². The van der Waals surface area contributed by atoms with Gasteiger partial charge in [-0.25, -0.2) is 0 Å². The monoisotopic (exact) mass is 260 g/mol. The number of ether oxygens (including phenoxy) is 3. The summed E-state index contributed by atoms with van der Waals surface area (Å²) in [5.74, 6) is -0.152. The van der Waals surface area contributed by atoms with Crippen LogP contribution in [0, 0.1) is 0 Å². The van der Waals surface area contributed by atoms with Gasteiger partial charge < -0.3 is 14.2 Å². The van der Waals surface area contributed by atoms with E-state index >= 15 is 0 Å². The molecule has 0 saturated heterocycles. The van der Waals surface area contributed by atoms with E-state index in [4.69, 9.17) is 14.2 Å². The van der Waals surface area contributed by atoms with E-state index in [0.29, 0.717) is 19.6 Å². The number of carbonyl (C=O) groups is 1. The van der Waals surface area contributed by atoms with Crippen LogP contribution in [-0.4, -0.2) is 38.0 Å². The van der Waals surface area contributed by atoms with Crippen molar-refractivity contribution in [3.63, 3.8) is 0 Å². The summed E-state index contributed by atoms with van der Waals surface area (Å²) in [5, 5.41) is 0. The van der Waals surface area contributed by atoms with Gasteiger partial charge in [-0.1, -0.05) is 20.3 Å². The normalized spacial score (nSPS) is 14.2. The molecule has 4 heteroatoms. The maximum Gasteiger partial charge on any atom is 0.306 e. The molecule has 0 N–H and O–H groups in total. The van der Waals surface area contributed by atoms with Crippen LogP contribution < -0.4 is 0 Å². The highest BCUT2D eigenvalue weighted by atomic mass is 16.6. The SMILES string of the molecule is CCCCOC(C)COCC(C)OC(=O)CCC. The van der Waals surface area contributed by atoms with E-state index in [1.807, 2.05) is 20.8 Å². The van der Waals surface area contributed by atoms with Crippen molar-refractivity contribution in [1.82, 2.24) is 0 Å². The third-order valence-electron chi connectivity index (χ3n) is 2.39. The van der Waals surface area contributed by atoms with Crippen molar-refractivity contribution < 1.29 is 19.0 Å². The van der Waals surface area contributed by atoms with Gasteiger partial charge in [0, 0.05) is 13.0 Å². The van der Waals surface area contributed by atoms with E-state index in [1.54, 1.807) is 0 Å². The fourth-order valence-corrected chi connectivity index (χ4v) is 1.40. The van der Waals surface area contributed by atoms with E-state index in [9.17, 15) is 4.79 Å². The largest absolute Gasteiger partial charge is 0.460 e. The molecule has 0 aliphatic carbocycles. The first-order chi connectivity index (χ1) is 8.60. The van der Waals surface area contributed by atoms with E-state index < -0.39 is 0 Å². The van der Waals surface area contributed by atoms with Crippen LogP contribution in [0.25, 0.3) is 0 Å². The average molecular weight is 260 g/mol. The maximum atomic E-state index is 11.2.